The number of piperidine rings is 1. The Balaban J connectivity index is 1.84. The van der Waals surface area contributed by atoms with E-state index in [1.54, 1.807) is 0 Å². The zero-order valence-electron chi connectivity index (χ0n) is 12.8. The van der Waals surface area contributed by atoms with Crippen molar-refractivity contribution in [3.8, 4) is 0 Å². The predicted octanol–water partition coefficient (Wildman–Crippen LogP) is 3.22. The van der Waals surface area contributed by atoms with Gasteiger partial charge >= 0.3 is 6.03 Å². The third-order valence-corrected chi connectivity index (χ3v) is 4.34. The van der Waals surface area contributed by atoms with E-state index in [1.807, 2.05) is 36.1 Å². The van der Waals surface area contributed by atoms with Crippen molar-refractivity contribution in [3.63, 3.8) is 0 Å². The van der Waals surface area contributed by atoms with Crippen LogP contribution in [0.5, 0.6) is 0 Å². The molecule has 0 bridgehead atoms. The average Bonchev–Trinajstić information content (AvgIpc) is 2.55. The van der Waals surface area contributed by atoms with Crippen molar-refractivity contribution < 1.29 is 9.59 Å². The maximum absolute atomic E-state index is 12.3. The molecule has 1 aliphatic heterocycles. The monoisotopic (exact) mass is 367 g/mol. The van der Waals surface area contributed by atoms with Crippen LogP contribution in [0, 0.1) is 5.92 Å². The van der Waals surface area contributed by atoms with Gasteiger partial charge in [-0.25, -0.2) is 4.79 Å². The number of nitrogens with zero attached hydrogens (tertiary/aromatic N) is 1. The lowest BCUT2D eigenvalue weighted by Crippen LogP contribution is -2.45. The number of urea groups is 1. The van der Waals surface area contributed by atoms with Crippen molar-refractivity contribution in [1.82, 2.24) is 10.2 Å². The summed E-state index contributed by atoms with van der Waals surface area (Å²) in [6.45, 7) is 3.94. The molecule has 2 rings (SSSR count). The summed E-state index contributed by atoms with van der Waals surface area (Å²) in [5, 5.41) is 5.83. The summed E-state index contributed by atoms with van der Waals surface area (Å²) in [5.41, 5.74) is 0.787. The number of anilines is 1. The molecule has 0 spiro atoms. The average molecular weight is 368 g/mol. The lowest BCUT2D eigenvalue weighted by atomic mass is 9.98. The van der Waals surface area contributed by atoms with E-state index in [1.165, 1.54) is 0 Å². The van der Waals surface area contributed by atoms with Crippen LogP contribution in [-0.2, 0) is 4.79 Å². The fourth-order valence-electron chi connectivity index (χ4n) is 2.54. The summed E-state index contributed by atoms with van der Waals surface area (Å²) in [5.74, 6) is 0.399. The Hall–Kier alpha value is -1.56. The molecule has 2 N–H and O–H groups in total. The topological polar surface area (TPSA) is 61.4 Å². The van der Waals surface area contributed by atoms with E-state index in [-0.39, 0.29) is 11.9 Å². The predicted molar refractivity (Wildman–Crippen MR) is 90.8 cm³/mol. The summed E-state index contributed by atoms with van der Waals surface area (Å²) in [6, 6.07) is 7.45. The van der Waals surface area contributed by atoms with Crippen LogP contribution in [0.4, 0.5) is 10.5 Å². The number of carbonyl (C=O) groups is 2. The number of rotatable bonds is 4. The van der Waals surface area contributed by atoms with E-state index >= 15 is 0 Å². The zero-order chi connectivity index (χ0) is 15.9. The minimum Gasteiger partial charge on any atom is -0.356 e. The Morgan fingerprint density at radius 3 is 2.73 bits per heavy atom. The van der Waals surface area contributed by atoms with Crippen molar-refractivity contribution in [3.05, 3.63) is 28.7 Å². The van der Waals surface area contributed by atoms with Crippen molar-refractivity contribution in [2.75, 3.05) is 25.0 Å². The van der Waals surface area contributed by atoms with Crippen LogP contribution in [0.1, 0.15) is 26.2 Å². The number of halogens is 1. The lowest BCUT2D eigenvalue weighted by Gasteiger charge is -2.32. The van der Waals surface area contributed by atoms with Crippen molar-refractivity contribution in [1.29, 1.82) is 0 Å². The Morgan fingerprint density at radius 1 is 1.32 bits per heavy atom. The molecule has 0 radical (unpaired) electrons. The molecule has 120 valence electrons. The maximum Gasteiger partial charge on any atom is 0.321 e. The van der Waals surface area contributed by atoms with Crippen LogP contribution < -0.4 is 10.6 Å². The Bertz CT molecular complexity index is 519. The number of benzene rings is 1. The first-order chi connectivity index (χ1) is 10.6. The molecular formula is C16H22BrN3O2. The molecule has 1 saturated heterocycles. The molecule has 1 heterocycles. The van der Waals surface area contributed by atoms with Crippen LogP contribution in [0.25, 0.3) is 0 Å². The summed E-state index contributed by atoms with van der Waals surface area (Å²) in [6.07, 6.45) is 2.52. The van der Waals surface area contributed by atoms with E-state index < -0.39 is 0 Å². The number of likely N-dealkylation sites (tertiary alicyclic amines) is 1. The minimum absolute atomic E-state index is 0.0661. The van der Waals surface area contributed by atoms with Gasteiger partial charge in [0.15, 0.2) is 0 Å². The highest BCUT2D eigenvalue weighted by Gasteiger charge is 2.23. The highest BCUT2D eigenvalue weighted by Crippen LogP contribution is 2.18. The normalized spacial score (nSPS) is 17.9. The third-order valence-electron chi connectivity index (χ3n) is 3.81. The van der Waals surface area contributed by atoms with E-state index in [0.717, 1.165) is 29.5 Å². The Morgan fingerprint density at radius 2 is 2.05 bits per heavy atom. The number of carbonyl (C=O) groups excluding carboxylic acids is 2. The van der Waals surface area contributed by atoms with Gasteiger partial charge in [-0.15, -0.1) is 0 Å². The van der Waals surface area contributed by atoms with Crippen LogP contribution >= 0.6 is 15.9 Å². The van der Waals surface area contributed by atoms with Gasteiger partial charge in [-0.3, -0.25) is 4.79 Å². The quantitative estimate of drug-likeness (QED) is 0.857. The molecule has 22 heavy (non-hydrogen) atoms. The molecule has 1 atom stereocenters. The first-order valence-corrected chi connectivity index (χ1v) is 8.46. The molecule has 1 aliphatic rings. The largest absolute Gasteiger partial charge is 0.356 e. The first-order valence-electron chi connectivity index (χ1n) is 7.66. The number of hydrogen-bond acceptors (Lipinski definition) is 2. The van der Waals surface area contributed by atoms with Crippen LogP contribution in [0.2, 0.25) is 0 Å². The summed E-state index contributed by atoms with van der Waals surface area (Å²) >= 11 is 3.37. The van der Waals surface area contributed by atoms with Crippen molar-refractivity contribution in [2.45, 2.75) is 26.2 Å². The van der Waals surface area contributed by atoms with E-state index in [2.05, 4.69) is 26.6 Å². The number of amides is 3. The van der Waals surface area contributed by atoms with E-state index in [9.17, 15) is 9.59 Å². The van der Waals surface area contributed by atoms with Gasteiger partial charge in [0.05, 0.1) is 0 Å². The SMILES string of the molecule is CCC(=O)NC[C@H]1CCCN(C(=O)Nc2ccc(Br)cc2)C1. The summed E-state index contributed by atoms with van der Waals surface area (Å²) in [4.78, 5) is 25.5. The molecule has 0 aliphatic carbocycles. The smallest absolute Gasteiger partial charge is 0.321 e. The zero-order valence-corrected chi connectivity index (χ0v) is 14.4. The van der Waals surface area contributed by atoms with E-state index in [4.69, 9.17) is 0 Å². The molecule has 1 fully saturated rings. The minimum atomic E-state index is -0.0751. The van der Waals surface area contributed by atoms with Gasteiger partial charge in [0.25, 0.3) is 0 Å². The molecule has 1 aromatic carbocycles. The summed E-state index contributed by atoms with van der Waals surface area (Å²) < 4.78 is 0.982. The molecule has 3 amide bonds. The first kappa shape index (κ1) is 16.8. The van der Waals surface area contributed by atoms with Gasteiger partial charge in [0.1, 0.15) is 0 Å². The number of hydrogen-bond donors (Lipinski definition) is 2. The van der Waals surface area contributed by atoms with Gasteiger partial charge in [-0.1, -0.05) is 22.9 Å². The van der Waals surface area contributed by atoms with E-state index in [0.29, 0.717) is 25.4 Å². The lowest BCUT2D eigenvalue weighted by molar-refractivity contribution is -0.121. The standard InChI is InChI=1S/C16H22BrN3O2/c1-2-15(21)18-10-12-4-3-9-20(11-12)16(22)19-14-7-5-13(17)6-8-14/h5-8,12H,2-4,9-11H2,1H3,(H,18,21)(H,19,22)/t12-/m1/s1. The Labute approximate surface area is 139 Å². The highest BCUT2D eigenvalue weighted by atomic mass is 79.9. The maximum atomic E-state index is 12.3. The van der Waals surface area contributed by atoms with Crippen LogP contribution in [0.3, 0.4) is 0 Å². The van der Waals surface area contributed by atoms with Crippen LogP contribution in [0.15, 0.2) is 28.7 Å². The summed E-state index contributed by atoms with van der Waals surface area (Å²) in [7, 11) is 0. The highest BCUT2D eigenvalue weighted by molar-refractivity contribution is 9.10. The fraction of sp³-hybridized carbons (Fsp3) is 0.500. The third kappa shape index (κ3) is 5.02. The van der Waals surface area contributed by atoms with Gasteiger partial charge in [-0.05, 0) is 43.0 Å². The molecular weight excluding hydrogens is 346 g/mol. The second-order valence-electron chi connectivity index (χ2n) is 5.55. The molecule has 6 heteroatoms. The second-order valence-corrected chi connectivity index (χ2v) is 6.46. The van der Waals surface area contributed by atoms with Gasteiger partial charge in [0.2, 0.25) is 5.91 Å². The van der Waals surface area contributed by atoms with Crippen molar-refractivity contribution >= 4 is 33.6 Å². The van der Waals surface area contributed by atoms with Gasteiger partial charge in [-0.2, -0.15) is 0 Å². The van der Waals surface area contributed by atoms with Crippen molar-refractivity contribution in [2.24, 2.45) is 5.92 Å². The molecule has 0 aromatic heterocycles. The van der Waals surface area contributed by atoms with Crippen LogP contribution in [-0.4, -0.2) is 36.5 Å². The van der Waals surface area contributed by atoms with Gasteiger partial charge < -0.3 is 15.5 Å². The number of nitrogens with one attached hydrogen (secondary N) is 2. The fourth-order valence-corrected chi connectivity index (χ4v) is 2.80. The molecule has 1 aromatic rings. The molecule has 0 saturated carbocycles. The van der Waals surface area contributed by atoms with Gasteiger partial charge in [0, 0.05) is 36.2 Å². The second kappa shape index (κ2) is 8.17. The Kier molecular flexibility index (Phi) is 6.24. The molecule has 0 unspecified atom stereocenters. The molecule has 5 nitrogen and oxygen atoms in total.